The Morgan fingerprint density at radius 2 is 2.36 bits per heavy atom. The summed E-state index contributed by atoms with van der Waals surface area (Å²) < 4.78 is 1.65. The quantitative estimate of drug-likeness (QED) is 0.659. The normalized spacial score (nSPS) is 16.3. The van der Waals surface area contributed by atoms with Gasteiger partial charge in [0, 0.05) is 20.1 Å². The summed E-state index contributed by atoms with van der Waals surface area (Å²) in [6, 6.07) is 1.83. The molecule has 0 spiro atoms. The number of amides is 1. The average Bonchev–Trinajstić information content (AvgIpc) is 2.73. The van der Waals surface area contributed by atoms with E-state index in [9.17, 15) is 4.79 Å². The number of aromatic nitrogens is 2. The monoisotopic (exact) mass is 192 g/mol. The number of carbonyl (C=O) groups excluding carboxylic acids is 1. The molecule has 0 N–H and O–H groups in total. The van der Waals surface area contributed by atoms with E-state index in [1.54, 1.807) is 11.7 Å². The van der Waals surface area contributed by atoms with Gasteiger partial charge in [-0.2, -0.15) is 5.10 Å². The summed E-state index contributed by atoms with van der Waals surface area (Å²) in [5.41, 5.74) is 1.57. The lowest BCUT2D eigenvalue weighted by molar-refractivity contribution is 0.0785. The summed E-state index contributed by atoms with van der Waals surface area (Å²) in [7, 11) is 1.81. The molecule has 0 saturated carbocycles. The molecule has 4 nitrogen and oxygen atoms in total. The first kappa shape index (κ1) is 9.24. The minimum atomic E-state index is 0.0850. The molecular formula is C10H14N3O. The van der Waals surface area contributed by atoms with Gasteiger partial charge in [0.15, 0.2) is 0 Å². The molecule has 2 heterocycles. The van der Waals surface area contributed by atoms with Gasteiger partial charge in [-0.3, -0.25) is 9.48 Å². The van der Waals surface area contributed by atoms with Gasteiger partial charge in [0.2, 0.25) is 0 Å². The lowest BCUT2D eigenvalue weighted by atomic mass is 10.3. The molecule has 0 bridgehead atoms. The minimum absolute atomic E-state index is 0.0850. The first-order valence-corrected chi connectivity index (χ1v) is 4.80. The number of aryl methyl sites for hydroxylation is 2. The molecule has 1 aromatic rings. The fourth-order valence-corrected chi connectivity index (χ4v) is 1.74. The highest BCUT2D eigenvalue weighted by Gasteiger charge is 2.22. The Morgan fingerprint density at radius 3 is 2.86 bits per heavy atom. The third-order valence-corrected chi connectivity index (χ3v) is 2.46. The zero-order valence-corrected chi connectivity index (χ0v) is 8.53. The highest BCUT2D eigenvalue weighted by Crippen LogP contribution is 2.12. The molecule has 1 aromatic heterocycles. The Morgan fingerprint density at radius 1 is 1.57 bits per heavy atom. The van der Waals surface area contributed by atoms with Crippen molar-refractivity contribution in [2.75, 3.05) is 13.1 Å². The third kappa shape index (κ3) is 1.52. The minimum Gasteiger partial charge on any atom is -0.337 e. The standard InChI is InChI=1S/C10H14N3O/c1-8-7-9(12(2)11-8)10(14)13-5-3-4-6-13/h3,7H,4-6H2,1-2H3. The number of hydrogen-bond donors (Lipinski definition) is 0. The number of carbonyl (C=O) groups is 1. The number of likely N-dealkylation sites (tertiary alicyclic amines) is 1. The van der Waals surface area contributed by atoms with Crippen molar-refractivity contribution in [3.8, 4) is 0 Å². The van der Waals surface area contributed by atoms with Gasteiger partial charge in [-0.25, -0.2) is 0 Å². The van der Waals surface area contributed by atoms with Crippen LogP contribution in [0.3, 0.4) is 0 Å². The SMILES string of the molecule is Cc1cc(C(=O)N2C[CH]CC2)n(C)n1. The van der Waals surface area contributed by atoms with Gasteiger partial charge in [0.05, 0.1) is 5.69 Å². The van der Waals surface area contributed by atoms with Crippen LogP contribution in [0.25, 0.3) is 0 Å². The van der Waals surface area contributed by atoms with E-state index in [0.717, 1.165) is 25.2 Å². The van der Waals surface area contributed by atoms with Crippen LogP contribution in [0.1, 0.15) is 22.6 Å². The summed E-state index contributed by atoms with van der Waals surface area (Å²) >= 11 is 0. The van der Waals surface area contributed by atoms with Crippen LogP contribution in [0, 0.1) is 13.3 Å². The van der Waals surface area contributed by atoms with Crippen LogP contribution in [0.2, 0.25) is 0 Å². The van der Waals surface area contributed by atoms with E-state index in [0.29, 0.717) is 5.69 Å². The molecule has 2 rings (SSSR count). The molecule has 0 unspecified atom stereocenters. The largest absolute Gasteiger partial charge is 0.337 e. The Hall–Kier alpha value is -1.32. The third-order valence-electron chi connectivity index (χ3n) is 2.46. The lowest BCUT2D eigenvalue weighted by Gasteiger charge is -2.14. The smallest absolute Gasteiger partial charge is 0.272 e. The maximum atomic E-state index is 11.9. The Bertz CT molecular complexity index is 350. The molecule has 0 atom stereocenters. The molecule has 4 heteroatoms. The van der Waals surface area contributed by atoms with Crippen molar-refractivity contribution in [1.82, 2.24) is 14.7 Å². The van der Waals surface area contributed by atoms with Crippen molar-refractivity contribution in [3.63, 3.8) is 0 Å². The highest BCUT2D eigenvalue weighted by atomic mass is 16.2. The molecular weight excluding hydrogens is 178 g/mol. The van der Waals surface area contributed by atoms with Gasteiger partial charge < -0.3 is 4.90 Å². The molecule has 14 heavy (non-hydrogen) atoms. The van der Waals surface area contributed by atoms with Crippen LogP contribution in [0.4, 0.5) is 0 Å². The Kier molecular flexibility index (Phi) is 2.27. The van der Waals surface area contributed by atoms with E-state index in [4.69, 9.17) is 0 Å². The van der Waals surface area contributed by atoms with E-state index in [1.165, 1.54) is 0 Å². The fourth-order valence-electron chi connectivity index (χ4n) is 1.74. The molecule has 1 aliphatic heterocycles. The first-order valence-electron chi connectivity index (χ1n) is 4.80. The second kappa shape index (κ2) is 3.44. The van der Waals surface area contributed by atoms with Gasteiger partial charge >= 0.3 is 0 Å². The molecule has 1 saturated heterocycles. The van der Waals surface area contributed by atoms with Crippen LogP contribution in [0.5, 0.6) is 0 Å². The topological polar surface area (TPSA) is 38.1 Å². The Labute approximate surface area is 83.5 Å². The maximum absolute atomic E-state index is 11.9. The first-order chi connectivity index (χ1) is 6.68. The second-order valence-electron chi connectivity index (χ2n) is 3.62. The van der Waals surface area contributed by atoms with Crippen molar-refractivity contribution < 1.29 is 4.79 Å². The molecule has 1 radical (unpaired) electrons. The molecule has 1 fully saturated rings. The average molecular weight is 192 g/mol. The molecule has 1 amide bonds. The van der Waals surface area contributed by atoms with Crippen LogP contribution in [-0.2, 0) is 7.05 Å². The van der Waals surface area contributed by atoms with Crippen molar-refractivity contribution in [1.29, 1.82) is 0 Å². The highest BCUT2D eigenvalue weighted by molar-refractivity contribution is 5.93. The molecule has 0 aliphatic carbocycles. The maximum Gasteiger partial charge on any atom is 0.272 e. The summed E-state index contributed by atoms with van der Waals surface area (Å²) in [5, 5.41) is 4.16. The van der Waals surface area contributed by atoms with Crippen molar-refractivity contribution >= 4 is 5.91 Å². The summed E-state index contributed by atoms with van der Waals surface area (Å²) in [5.74, 6) is 0.0850. The zero-order valence-electron chi connectivity index (χ0n) is 8.53. The number of rotatable bonds is 1. The van der Waals surface area contributed by atoms with Crippen LogP contribution >= 0.6 is 0 Å². The Balaban J connectivity index is 2.21. The predicted molar refractivity (Wildman–Crippen MR) is 52.8 cm³/mol. The van der Waals surface area contributed by atoms with Gasteiger partial charge in [-0.15, -0.1) is 0 Å². The zero-order chi connectivity index (χ0) is 10.1. The van der Waals surface area contributed by atoms with Crippen LogP contribution < -0.4 is 0 Å². The molecule has 1 aliphatic rings. The molecule has 0 aromatic carbocycles. The van der Waals surface area contributed by atoms with E-state index < -0.39 is 0 Å². The summed E-state index contributed by atoms with van der Waals surface area (Å²) in [4.78, 5) is 13.8. The van der Waals surface area contributed by atoms with E-state index >= 15 is 0 Å². The summed E-state index contributed by atoms with van der Waals surface area (Å²) in [6.07, 6.45) is 3.13. The van der Waals surface area contributed by atoms with Crippen molar-refractivity contribution in [3.05, 3.63) is 23.9 Å². The van der Waals surface area contributed by atoms with Crippen LogP contribution in [0.15, 0.2) is 6.07 Å². The van der Waals surface area contributed by atoms with Gasteiger partial charge in [0.1, 0.15) is 5.69 Å². The van der Waals surface area contributed by atoms with E-state index in [1.807, 2.05) is 17.9 Å². The van der Waals surface area contributed by atoms with E-state index in [-0.39, 0.29) is 5.91 Å². The fraction of sp³-hybridized carbons (Fsp3) is 0.500. The summed E-state index contributed by atoms with van der Waals surface area (Å²) in [6.45, 7) is 3.50. The van der Waals surface area contributed by atoms with Crippen LogP contribution in [-0.4, -0.2) is 33.7 Å². The molecule has 75 valence electrons. The van der Waals surface area contributed by atoms with E-state index in [2.05, 4.69) is 11.5 Å². The van der Waals surface area contributed by atoms with Gasteiger partial charge in [-0.05, 0) is 25.8 Å². The predicted octanol–water partition coefficient (Wildman–Crippen LogP) is 0.779. The number of nitrogens with zero attached hydrogens (tertiary/aromatic N) is 3. The van der Waals surface area contributed by atoms with Crippen molar-refractivity contribution in [2.24, 2.45) is 7.05 Å². The lowest BCUT2D eigenvalue weighted by Crippen LogP contribution is -2.29. The second-order valence-corrected chi connectivity index (χ2v) is 3.62. The van der Waals surface area contributed by atoms with Crippen molar-refractivity contribution in [2.45, 2.75) is 13.3 Å². The van der Waals surface area contributed by atoms with Gasteiger partial charge in [-0.1, -0.05) is 0 Å². The van der Waals surface area contributed by atoms with Gasteiger partial charge in [0.25, 0.3) is 5.91 Å². The number of hydrogen-bond acceptors (Lipinski definition) is 2.